The molecule has 1 aromatic heterocycles. The van der Waals surface area contributed by atoms with Gasteiger partial charge in [-0.3, -0.25) is 5.10 Å². The number of rotatable bonds is 7. The van der Waals surface area contributed by atoms with Crippen LogP contribution in [0.4, 0.5) is 4.79 Å². The van der Waals surface area contributed by atoms with Crippen LogP contribution in [-0.2, 0) is 25.4 Å². The number of methoxy groups -OCH3 is 1. The predicted octanol–water partition coefficient (Wildman–Crippen LogP) is 4.29. The number of nitrogens with one attached hydrogen (secondary N) is 2. The molecule has 0 aliphatic carbocycles. The summed E-state index contributed by atoms with van der Waals surface area (Å²) in [5.41, 5.74) is 2.13. The van der Waals surface area contributed by atoms with Crippen molar-refractivity contribution in [2.24, 2.45) is 0 Å². The topological polar surface area (TPSA) is 112 Å². The largest absolute Gasteiger partial charge is 0.492 e. The van der Waals surface area contributed by atoms with Gasteiger partial charge in [0.1, 0.15) is 6.61 Å². The molecule has 2 aromatic carbocycles. The maximum Gasteiger partial charge on any atom is 0.492 e. The number of hydrogen-bond donors (Lipinski definition) is 2. The Morgan fingerprint density at radius 3 is 2.47 bits per heavy atom. The lowest BCUT2D eigenvalue weighted by Crippen LogP contribution is -2.41. The van der Waals surface area contributed by atoms with E-state index in [9.17, 15) is 9.59 Å². The van der Waals surface area contributed by atoms with E-state index in [1.807, 2.05) is 70.2 Å². The molecule has 0 spiro atoms. The highest BCUT2D eigenvalue weighted by Gasteiger charge is 2.52. The molecule has 0 saturated carbocycles. The molecule has 4 rings (SSSR count). The summed E-state index contributed by atoms with van der Waals surface area (Å²) in [4.78, 5) is 24.8. The monoisotopic (exact) mass is 491 g/mol. The minimum Gasteiger partial charge on any atom is -0.465 e. The Kier molecular flexibility index (Phi) is 7.19. The predicted molar refractivity (Wildman–Crippen MR) is 136 cm³/mol. The fourth-order valence-electron chi connectivity index (χ4n) is 3.80. The second-order valence-corrected chi connectivity index (χ2v) is 9.61. The number of H-pyrrole nitrogens is 1. The molecule has 1 aliphatic rings. The molecule has 1 amide bonds. The van der Waals surface area contributed by atoms with Crippen LogP contribution in [0.2, 0.25) is 0 Å². The van der Waals surface area contributed by atoms with E-state index in [-0.39, 0.29) is 13.2 Å². The molecule has 3 aromatic rings. The van der Waals surface area contributed by atoms with Crippen LogP contribution in [0.15, 0.2) is 54.1 Å². The number of hydrogen-bond acceptors (Lipinski definition) is 7. The van der Waals surface area contributed by atoms with Crippen molar-refractivity contribution in [3.8, 4) is 0 Å². The fraction of sp³-hybridized carbons (Fsp3) is 0.346. The molecule has 0 unspecified atom stereocenters. The molecule has 1 saturated heterocycles. The van der Waals surface area contributed by atoms with E-state index < -0.39 is 30.4 Å². The highest BCUT2D eigenvalue weighted by molar-refractivity contribution is 6.56. The average molecular weight is 491 g/mol. The zero-order valence-electron chi connectivity index (χ0n) is 21.1. The molecule has 0 radical (unpaired) electrons. The minimum atomic E-state index is -0.719. The van der Waals surface area contributed by atoms with Gasteiger partial charge in [0, 0.05) is 11.9 Å². The van der Waals surface area contributed by atoms with Crippen LogP contribution in [0.5, 0.6) is 0 Å². The van der Waals surface area contributed by atoms with Gasteiger partial charge in [-0.2, -0.15) is 5.10 Å². The van der Waals surface area contributed by atoms with Gasteiger partial charge in [0.05, 0.1) is 35.6 Å². The lowest BCUT2D eigenvalue weighted by atomic mass is 9.77. The number of alkyl carbamates (subject to hydrolysis) is 1. The number of amides is 1. The normalized spacial score (nSPS) is 16.7. The van der Waals surface area contributed by atoms with Crippen molar-refractivity contribution in [2.45, 2.75) is 45.5 Å². The molecule has 10 heteroatoms. The smallest absolute Gasteiger partial charge is 0.465 e. The van der Waals surface area contributed by atoms with Crippen LogP contribution in [0.1, 0.15) is 49.2 Å². The first-order valence-corrected chi connectivity index (χ1v) is 11.7. The highest BCUT2D eigenvalue weighted by Crippen LogP contribution is 2.39. The molecular formula is C26H30BN3O6. The van der Waals surface area contributed by atoms with Crippen LogP contribution in [-0.4, -0.2) is 54.2 Å². The van der Waals surface area contributed by atoms with Crippen LogP contribution in [0.3, 0.4) is 0 Å². The third-order valence-electron chi connectivity index (χ3n) is 6.54. The van der Waals surface area contributed by atoms with Gasteiger partial charge in [-0.25, -0.2) is 9.59 Å². The van der Waals surface area contributed by atoms with Crippen LogP contribution in [0, 0.1) is 0 Å². The fourth-order valence-corrected chi connectivity index (χ4v) is 3.80. The highest BCUT2D eigenvalue weighted by atomic mass is 16.7. The molecule has 1 fully saturated rings. The number of aromatic nitrogens is 2. The van der Waals surface area contributed by atoms with Gasteiger partial charge in [0.25, 0.3) is 0 Å². The lowest BCUT2D eigenvalue weighted by molar-refractivity contribution is 0.00578. The number of carbonyl (C=O) groups excluding carboxylic acids is 2. The molecule has 1 aliphatic heterocycles. The molecule has 188 valence electrons. The minimum absolute atomic E-state index is 0.110. The van der Waals surface area contributed by atoms with Crippen molar-refractivity contribution in [3.05, 3.63) is 70.8 Å². The lowest BCUT2D eigenvalue weighted by Gasteiger charge is -2.32. The third-order valence-corrected chi connectivity index (χ3v) is 6.54. The summed E-state index contributed by atoms with van der Waals surface area (Å²) in [6.45, 7) is 8.09. The first kappa shape index (κ1) is 25.5. The molecule has 9 nitrogen and oxygen atoms in total. The molecule has 0 atom stereocenters. The summed E-state index contributed by atoms with van der Waals surface area (Å²) in [7, 11) is 0.612. The summed E-state index contributed by atoms with van der Waals surface area (Å²) in [6, 6.07) is 13.0. The van der Waals surface area contributed by atoms with Gasteiger partial charge in [-0.05, 0) is 56.4 Å². The Morgan fingerprint density at radius 2 is 1.81 bits per heavy atom. The van der Waals surface area contributed by atoms with E-state index in [0.717, 1.165) is 5.56 Å². The van der Waals surface area contributed by atoms with Crippen molar-refractivity contribution in [2.75, 3.05) is 13.7 Å². The summed E-state index contributed by atoms with van der Waals surface area (Å²) < 4.78 is 22.8. The Labute approximate surface area is 210 Å². The number of benzene rings is 2. The van der Waals surface area contributed by atoms with Crippen molar-refractivity contribution >= 4 is 36.2 Å². The van der Waals surface area contributed by atoms with Crippen LogP contribution < -0.4 is 5.32 Å². The molecule has 0 bridgehead atoms. The summed E-state index contributed by atoms with van der Waals surface area (Å²) in [5.74, 6) is -0.476. The number of carbonyl (C=O) groups is 2. The van der Waals surface area contributed by atoms with E-state index in [4.69, 9.17) is 18.8 Å². The molecule has 36 heavy (non-hydrogen) atoms. The summed E-state index contributed by atoms with van der Waals surface area (Å²) in [5, 5.41) is 10.4. The van der Waals surface area contributed by atoms with Gasteiger partial charge in [0.15, 0.2) is 0 Å². The van der Waals surface area contributed by atoms with Gasteiger partial charge < -0.3 is 24.1 Å². The Bertz CT molecular complexity index is 1270. The SMILES string of the molecule is COC(=O)c1cc(C=C(CNC(=O)OCc2ccccc2)B2OC(C)(C)C(C)(C)O2)cc2[nH]ncc12. The third kappa shape index (κ3) is 5.45. The van der Waals surface area contributed by atoms with E-state index in [1.54, 1.807) is 12.3 Å². The van der Waals surface area contributed by atoms with Crippen LogP contribution in [0.25, 0.3) is 17.0 Å². The summed E-state index contributed by atoms with van der Waals surface area (Å²) >= 11 is 0. The zero-order valence-corrected chi connectivity index (χ0v) is 21.1. The van der Waals surface area contributed by atoms with Crippen molar-refractivity contribution in [1.82, 2.24) is 15.5 Å². The van der Waals surface area contributed by atoms with Crippen molar-refractivity contribution < 1.29 is 28.4 Å². The maximum absolute atomic E-state index is 12.4. The Balaban J connectivity index is 1.60. The molecular weight excluding hydrogens is 461 g/mol. The maximum atomic E-state index is 12.4. The van der Waals surface area contributed by atoms with Gasteiger partial charge in [0.2, 0.25) is 0 Å². The first-order chi connectivity index (χ1) is 17.1. The van der Waals surface area contributed by atoms with Crippen molar-refractivity contribution in [1.29, 1.82) is 0 Å². The number of esters is 1. The number of fused-ring (bicyclic) bond motifs is 1. The van der Waals surface area contributed by atoms with Gasteiger partial charge >= 0.3 is 19.2 Å². The van der Waals surface area contributed by atoms with E-state index >= 15 is 0 Å². The second kappa shape index (κ2) is 10.2. The van der Waals surface area contributed by atoms with E-state index in [1.165, 1.54) is 7.11 Å². The van der Waals surface area contributed by atoms with Gasteiger partial charge in [-0.1, -0.05) is 36.4 Å². The second-order valence-electron chi connectivity index (χ2n) is 9.61. The quantitative estimate of drug-likeness (QED) is 0.375. The van der Waals surface area contributed by atoms with Crippen LogP contribution >= 0.6 is 0 Å². The molecule has 2 N–H and O–H groups in total. The molecule has 2 heterocycles. The average Bonchev–Trinajstić information content (AvgIpc) is 3.40. The first-order valence-electron chi connectivity index (χ1n) is 11.7. The summed E-state index contributed by atoms with van der Waals surface area (Å²) in [6.07, 6.45) is 2.83. The van der Waals surface area contributed by atoms with E-state index in [0.29, 0.717) is 27.5 Å². The Hall–Kier alpha value is -3.63. The number of ether oxygens (including phenoxy) is 2. The van der Waals surface area contributed by atoms with E-state index in [2.05, 4.69) is 15.5 Å². The van der Waals surface area contributed by atoms with Crippen molar-refractivity contribution in [3.63, 3.8) is 0 Å². The van der Waals surface area contributed by atoms with Gasteiger partial charge in [-0.15, -0.1) is 0 Å². The Morgan fingerprint density at radius 1 is 1.11 bits per heavy atom. The standard InChI is InChI=1S/C26H30BN3O6/c1-25(2)26(3,4)36-27(35-25)19(14-28-24(32)34-16-17-9-7-6-8-10-17)11-18-12-20(23(31)33-5)21-15-29-30-22(21)13-18/h6-13,15H,14,16H2,1-5H3,(H,28,32)(H,29,30). The number of aromatic amines is 1. The number of nitrogens with zero attached hydrogens (tertiary/aromatic N) is 1. The zero-order chi connectivity index (χ0) is 25.9.